The molecule has 1 saturated heterocycles. The fraction of sp³-hybridized carbons (Fsp3) is 1.00. The van der Waals surface area contributed by atoms with Crippen LogP contribution in [0.4, 0.5) is 0 Å². The van der Waals surface area contributed by atoms with E-state index in [9.17, 15) is 8.42 Å². The van der Waals surface area contributed by atoms with Gasteiger partial charge in [0.1, 0.15) is 0 Å². The molecule has 0 aromatic rings. The van der Waals surface area contributed by atoms with Gasteiger partial charge in [-0.25, -0.2) is 8.42 Å². The fourth-order valence-electron chi connectivity index (χ4n) is 1.44. The van der Waals surface area contributed by atoms with Crippen molar-refractivity contribution in [2.75, 3.05) is 12.8 Å². The number of hydrogen-bond donors (Lipinski definition) is 1. The van der Waals surface area contributed by atoms with Gasteiger partial charge in [-0.1, -0.05) is 0 Å². The Morgan fingerprint density at radius 3 is 2.27 bits per heavy atom. The Morgan fingerprint density at radius 2 is 2.09 bits per heavy atom. The minimum absolute atomic E-state index is 0.0556. The number of hydrogen-bond acceptors (Lipinski definition) is 3. The van der Waals surface area contributed by atoms with Crippen molar-refractivity contribution in [3.63, 3.8) is 0 Å². The van der Waals surface area contributed by atoms with Crippen LogP contribution in [0.2, 0.25) is 0 Å². The smallest absolute Gasteiger partial charge is 0.211 e. The second-order valence-corrected chi connectivity index (χ2v) is 5.01. The average molecular weight is 179 g/mol. The normalized spacial score (nSPS) is 34.5. The number of aliphatic hydroxyl groups is 1. The Bertz CT molecular complexity index is 236. The molecule has 2 unspecified atom stereocenters. The van der Waals surface area contributed by atoms with Crippen LogP contribution in [0.5, 0.6) is 0 Å². The van der Waals surface area contributed by atoms with Gasteiger partial charge in [0.05, 0.1) is 12.4 Å². The van der Waals surface area contributed by atoms with Gasteiger partial charge in [-0.2, -0.15) is 4.31 Å². The molecule has 1 aliphatic rings. The first kappa shape index (κ1) is 8.96. The minimum atomic E-state index is -3.11. The van der Waals surface area contributed by atoms with Crippen LogP contribution in [0.15, 0.2) is 0 Å². The van der Waals surface area contributed by atoms with Gasteiger partial charge in [-0.15, -0.1) is 0 Å². The summed E-state index contributed by atoms with van der Waals surface area (Å²) >= 11 is 0. The van der Waals surface area contributed by atoms with Crippen molar-refractivity contribution in [2.24, 2.45) is 0 Å². The third-order valence-corrected chi connectivity index (χ3v) is 3.28. The predicted molar refractivity (Wildman–Crippen MR) is 41.6 cm³/mol. The van der Waals surface area contributed by atoms with E-state index < -0.39 is 16.1 Å². The summed E-state index contributed by atoms with van der Waals surface area (Å²) in [6.07, 6.45) is 1.23. The maximum atomic E-state index is 11.0. The summed E-state index contributed by atoms with van der Waals surface area (Å²) in [6, 6.07) is -0.0556. The first-order valence-corrected chi connectivity index (χ1v) is 5.41. The number of aliphatic hydroxyl groups excluding tert-OH is 1. The van der Waals surface area contributed by atoms with Gasteiger partial charge in [0.25, 0.3) is 0 Å². The molecule has 0 aromatic heterocycles. The monoisotopic (exact) mass is 179 g/mol. The molecule has 0 aliphatic carbocycles. The quantitative estimate of drug-likeness (QED) is 0.585. The van der Waals surface area contributed by atoms with Crippen molar-refractivity contribution in [2.45, 2.75) is 25.5 Å². The van der Waals surface area contributed by atoms with E-state index in [2.05, 4.69) is 0 Å². The Kier molecular flexibility index (Phi) is 2.22. The third kappa shape index (κ3) is 1.91. The molecule has 1 aliphatic heterocycles. The van der Waals surface area contributed by atoms with Crippen LogP contribution in [0.25, 0.3) is 0 Å². The summed E-state index contributed by atoms with van der Waals surface area (Å²) in [6.45, 7) is 2.05. The first-order valence-electron chi connectivity index (χ1n) is 3.56. The van der Waals surface area contributed by atoms with Crippen LogP contribution >= 0.6 is 0 Å². The molecule has 1 heterocycles. The van der Waals surface area contributed by atoms with Crippen molar-refractivity contribution in [1.29, 1.82) is 0 Å². The van der Waals surface area contributed by atoms with E-state index >= 15 is 0 Å². The van der Waals surface area contributed by atoms with Crippen LogP contribution in [0.3, 0.4) is 0 Å². The molecule has 0 saturated carbocycles. The zero-order valence-corrected chi connectivity index (χ0v) is 7.50. The van der Waals surface area contributed by atoms with E-state index in [4.69, 9.17) is 5.11 Å². The zero-order valence-electron chi connectivity index (χ0n) is 6.69. The van der Waals surface area contributed by atoms with E-state index in [1.165, 1.54) is 10.6 Å². The van der Waals surface area contributed by atoms with Gasteiger partial charge in [0.15, 0.2) is 0 Å². The first-order chi connectivity index (χ1) is 4.91. The lowest BCUT2D eigenvalue weighted by Crippen LogP contribution is -2.33. The Labute approximate surface area is 66.9 Å². The number of rotatable bonds is 1. The van der Waals surface area contributed by atoms with E-state index in [1.807, 2.05) is 0 Å². The summed E-state index contributed by atoms with van der Waals surface area (Å²) in [5.74, 6) is 0. The molecule has 5 heteroatoms. The van der Waals surface area contributed by atoms with Crippen LogP contribution in [0, 0.1) is 0 Å². The Morgan fingerprint density at radius 1 is 1.55 bits per heavy atom. The van der Waals surface area contributed by atoms with Crippen molar-refractivity contribution < 1.29 is 13.5 Å². The third-order valence-electron chi connectivity index (χ3n) is 1.92. The summed E-state index contributed by atoms with van der Waals surface area (Å²) in [7, 11) is -3.11. The largest absolute Gasteiger partial charge is 0.392 e. The van der Waals surface area contributed by atoms with E-state index in [1.54, 1.807) is 6.92 Å². The fourth-order valence-corrected chi connectivity index (χ4v) is 2.62. The molecule has 0 aromatic carbocycles. The number of sulfonamides is 1. The summed E-state index contributed by atoms with van der Waals surface area (Å²) in [5.41, 5.74) is 0. The molecule has 66 valence electrons. The highest BCUT2D eigenvalue weighted by Crippen LogP contribution is 2.19. The SMILES string of the molecule is CC1CC(O)CN1S(C)(=O)=O. The van der Waals surface area contributed by atoms with Gasteiger partial charge in [0.2, 0.25) is 10.0 Å². The maximum Gasteiger partial charge on any atom is 0.211 e. The van der Waals surface area contributed by atoms with Crippen LogP contribution in [0.1, 0.15) is 13.3 Å². The molecule has 4 nitrogen and oxygen atoms in total. The van der Waals surface area contributed by atoms with E-state index in [0.717, 1.165) is 0 Å². The lowest BCUT2D eigenvalue weighted by atomic mass is 10.2. The molecule has 0 bridgehead atoms. The van der Waals surface area contributed by atoms with Crippen molar-refractivity contribution in [1.82, 2.24) is 4.31 Å². The Balaban J connectivity index is 2.76. The van der Waals surface area contributed by atoms with Crippen LogP contribution < -0.4 is 0 Å². The molecule has 1 rings (SSSR count). The van der Waals surface area contributed by atoms with Gasteiger partial charge in [0, 0.05) is 12.6 Å². The molecule has 0 spiro atoms. The second kappa shape index (κ2) is 2.73. The highest BCUT2D eigenvalue weighted by Gasteiger charge is 2.33. The second-order valence-electron chi connectivity index (χ2n) is 3.07. The molecule has 1 fully saturated rings. The van der Waals surface area contributed by atoms with Crippen molar-refractivity contribution in [3.05, 3.63) is 0 Å². The van der Waals surface area contributed by atoms with Gasteiger partial charge in [-0.3, -0.25) is 0 Å². The van der Waals surface area contributed by atoms with Crippen LogP contribution in [-0.2, 0) is 10.0 Å². The summed E-state index contributed by atoms with van der Waals surface area (Å²) in [4.78, 5) is 0. The van der Waals surface area contributed by atoms with Crippen molar-refractivity contribution in [3.8, 4) is 0 Å². The molecule has 2 atom stereocenters. The lowest BCUT2D eigenvalue weighted by Gasteiger charge is -2.16. The molecule has 11 heavy (non-hydrogen) atoms. The number of nitrogens with zero attached hydrogens (tertiary/aromatic N) is 1. The predicted octanol–water partition coefficient (Wildman–Crippen LogP) is -0.599. The maximum absolute atomic E-state index is 11.0. The standard InChI is InChI=1S/C6H13NO3S/c1-5-3-6(8)4-7(5)11(2,9)10/h5-6,8H,3-4H2,1-2H3. The van der Waals surface area contributed by atoms with Crippen molar-refractivity contribution >= 4 is 10.0 Å². The molecule has 0 radical (unpaired) electrons. The van der Waals surface area contributed by atoms with Crippen LogP contribution in [-0.4, -0.2) is 42.8 Å². The van der Waals surface area contributed by atoms with Gasteiger partial charge in [-0.05, 0) is 13.3 Å². The topological polar surface area (TPSA) is 57.6 Å². The summed E-state index contributed by atoms with van der Waals surface area (Å²) < 4.78 is 23.3. The number of β-amino-alcohol motifs (C(OH)–C–C–N with tert-alkyl or cyclic N) is 1. The summed E-state index contributed by atoms with van der Waals surface area (Å²) in [5, 5.41) is 9.13. The molecular weight excluding hydrogens is 166 g/mol. The van der Waals surface area contributed by atoms with Gasteiger partial charge < -0.3 is 5.11 Å². The minimum Gasteiger partial charge on any atom is -0.392 e. The molecular formula is C6H13NO3S. The molecule has 0 amide bonds. The van der Waals surface area contributed by atoms with E-state index in [-0.39, 0.29) is 12.6 Å². The lowest BCUT2D eigenvalue weighted by molar-refractivity contribution is 0.189. The van der Waals surface area contributed by atoms with Gasteiger partial charge >= 0.3 is 0 Å². The highest BCUT2D eigenvalue weighted by molar-refractivity contribution is 7.88. The average Bonchev–Trinajstić information content (AvgIpc) is 2.08. The molecule has 1 N–H and O–H groups in total. The highest BCUT2D eigenvalue weighted by atomic mass is 32.2. The zero-order chi connectivity index (χ0) is 8.65. The Hall–Kier alpha value is -0.130. The van der Waals surface area contributed by atoms with E-state index in [0.29, 0.717) is 6.42 Å².